The van der Waals surface area contributed by atoms with Gasteiger partial charge in [-0.15, -0.1) is 0 Å². The molecule has 1 saturated heterocycles. The van der Waals surface area contributed by atoms with Gasteiger partial charge in [0.2, 0.25) is 11.8 Å². The number of carbonyl (C=O) groups excluding carboxylic acids is 3. The Morgan fingerprint density at radius 3 is 2.79 bits per heavy atom. The molecular formula is C13H14N2O4. The number of aromatic hydroxyl groups is 1. The second kappa shape index (κ2) is 5.09. The molecule has 2 rings (SSSR count). The number of piperidine rings is 1. The summed E-state index contributed by atoms with van der Waals surface area (Å²) in [5.74, 6) is -1.13. The van der Waals surface area contributed by atoms with Crippen LogP contribution >= 0.6 is 0 Å². The zero-order valence-electron chi connectivity index (χ0n) is 10.4. The molecule has 1 aromatic carbocycles. The molecule has 0 saturated carbocycles. The molecule has 1 heterocycles. The highest BCUT2D eigenvalue weighted by atomic mass is 16.3. The fraction of sp³-hybridized carbons (Fsp3) is 0.308. The summed E-state index contributed by atoms with van der Waals surface area (Å²) in [4.78, 5) is 34.5. The van der Waals surface area contributed by atoms with E-state index in [0.29, 0.717) is 17.5 Å². The van der Waals surface area contributed by atoms with Gasteiger partial charge in [-0.3, -0.25) is 19.7 Å². The van der Waals surface area contributed by atoms with Crippen molar-refractivity contribution in [3.8, 4) is 5.75 Å². The Morgan fingerprint density at radius 2 is 2.16 bits per heavy atom. The lowest BCUT2D eigenvalue weighted by molar-refractivity contribution is -0.134. The highest BCUT2D eigenvalue weighted by molar-refractivity contribution is 6.04. The molecule has 0 bridgehead atoms. The predicted octanol–water partition coefficient (Wildman–Crippen LogP) is 0.236. The molecule has 6 nitrogen and oxygen atoms in total. The lowest BCUT2D eigenvalue weighted by Crippen LogP contribution is -2.52. The summed E-state index contributed by atoms with van der Waals surface area (Å²) >= 11 is 0. The summed E-state index contributed by atoms with van der Waals surface area (Å²) in [5.41, 5.74) is 1.01. The Balaban J connectivity index is 2.09. The van der Waals surface area contributed by atoms with Crippen LogP contribution < -0.4 is 10.6 Å². The van der Waals surface area contributed by atoms with Crippen molar-refractivity contribution in [2.24, 2.45) is 0 Å². The number of imide groups is 1. The molecule has 19 heavy (non-hydrogen) atoms. The second-order valence-electron chi connectivity index (χ2n) is 4.48. The summed E-state index contributed by atoms with van der Waals surface area (Å²) < 4.78 is 0. The van der Waals surface area contributed by atoms with Crippen LogP contribution in [-0.4, -0.2) is 28.9 Å². The molecule has 1 atom stereocenters. The van der Waals surface area contributed by atoms with Gasteiger partial charge >= 0.3 is 0 Å². The van der Waals surface area contributed by atoms with Gasteiger partial charge in [-0.1, -0.05) is 0 Å². The fourth-order valence-corrected chi connectivity index (χ4v) is 1.97. The van der Waals surface area contributed by atoms with Crippen LogP contribution in [0.4, 0.5) is 0 Å². The largest absolute Gasteiger partial charge is 0.508 e. The van der Waals surface area contributed by atoms with Gasteiger partial charge in [-0.2, -0.15) is 0 Å². The number of carbonyl (C=O) groups is 3. The Kier molecular flexibility index (Phi) is 3.50. The third-order valence-corrected chi connectivity index (χ3v) is 3.00. The molecule has 3 N–H and O–H groups in total. The Labute approximate surface area is 109 Å². The minimum Gasteiger partial charge on any atom is -0.508 e. The number of aryl methyl sites for hydroxylation is 1. The van der Waals surface area contributed by atoms with Crippen LogP contribution in [0, 0.1) is 6.92 Å². The summed E-state index contributed by atoms with van der Waals surface area (Å²) in [6.45, 7) is 1.69. The summed E-state index contributed by atoms with van der Waals surface area (Å²) in [5, 5.41) is 14.0. The monoisotopic (exact) mass is 262 g/mol. The lowest BCUT2D eigenvalue weighted by atomic mass is 10.0. The number of phenolic OH excluding ortho intramolecular Hbond substituents is 1. The van der Waals surface area contributed by atoms with Crippen molar-refractivity contribution >= 4 is 17.7 Å². The second-order valence-corrected chi connectivity index (χ2v) is 4.48. The summed E-state index contributed by atoms with van der Waals surface area (Å²) in [6, 6.07) is 3.68. The fourth-order valence-electron chi connectivity index (χ4n) is 1.97. The molecule has 100 valence electrons. The molecule has 1 aliphatic rings. The van der Waals surface area contributed by atoms with Gasteiger partial charge in [0.05, 0.1) is 0 Å². The lowest BCUT2D eigenvalue weighted by Gasteiger charge is -2.22. The maximum absolute atomic E-state index is 12.0. The summed E-state index contributed by atoms with van der Waals surface area (Å²) in [6.07, 6.45) is 0.513. The molecule has 1 fully saturated rings. The SMILES string of the molecule is Cc1cc(O)ccc1C(=O)NC1CCC(=O)NC1=O. The van der Waals surface area contributed by atoms with E-state index in [-0.39, 0.29) is 18.1 Å². The van der Waals surface area contributed by atoms with Gasteiger partial charge in [0.15, 0.2) is 0 Å². The standard InChI is InChI=1S/C13H14N2O4/c1-7-6-8(16)2-3-9(7)12(18)14-10-4-5-11(17)15-13(10)19/h2-3,6,10,16H,4-5H2,1H3,(H,14,18)(H,15,17,19). The molecule has 1 aromatic rings. The molecule has 0 radical (unpaired) electrons. The van der Waals surface area contributed by atoms with Gasteiger partial charge in [0.25, 0.3) is 5.91 Å². The molecule has 1 unspecified atom stereocenters. The number of benzene rings is 1. The van der Waals surface area contributed by atoms with Crippen LogP contribution in [0.3, 0.4) is 0 Å². The van der Waals surface area contributed by atoms with Crippen molar-refractivity contribution in [2.45, 2.75) is 25.8 Å². The minimum absolute atomic E-state index is 0.0788. The van der Waals surface area contributed by atoms with E-state index >= 15 is 0 Å². The average molecular weight is 262 g/mol. The van der Waals surface area contributed by atoms with Gasteiger partial charge in [-0.25, -0.2) is 0 Å². The number of hydrogen-bond acceptors (Lipinski definition) is 4. The molecule has 0 aliphatic carbocycles. The zero-order chi connectivity index (χ0) is 14.0. The van der Waals surface area contributed by atoms with Crippen LogP contribution in [0.5, 0.6) is 5.75 Å². The van der Waals surface area contributed by atoms with Crippen LogP contribution in [0.1, 0.15) is 28.8 Å². The summed E-state index contributed by atoms with van der Waals surface area (Å²) in [7, 11) is 0. The first kappa shape index (κ1) is 13.1. The number of amides is 3. The Morgan fingerprint density at radius 1 is 1.42 bits per heavy atom. The van der Waals surface area contributed by atoms with Crippen LogP contribution in [0.15, 0.2) is 18.2 Å². The van der Waals surface area contributed by atoms with Gasteiger partial charge < -0.3 is 10.4 Å². The van der Waals surface area contributed by atoms with Crippen molar-refractivity contribution in [1.82, 2.24) is 10.6 Å². The van der Waals surface area contributed by atoms with E-state index < -0.39 is 17.9 Å². The third kappa shape index (κ3) is 2.90. The van der Waals surface area contributed by atoms with Crippen molar-refractivity contribution in [3.63, 3.8) is 0 Å². The van der Waals surface area contributed by atoms with Gasteiger partial charge in [-0.05, 0) is 37.1 Å². The third-order valence-electron chi connectivity index (χ3n) is 3.00. The predicted molar refractivity (Wildman–Crippen MR) is 66.5 cm³/mol. The normalized spacial score (nSPS) is 18.9. The molecule has 0 aromatic heterocycles. The van der Waals surface area contributed by atoms with E-state index in [1.807, 2.05) is 0 Å². The average Bonchev–Trinajstić information content (AvgIpc) is 2.32. The number of phenols is 1. The highest BCUT2D eigenvalue weighted by Gasteiger charge is 2.28. The first-order valence-electron chi connectivity index (χ1n) is 5.91. The highest BCUT2D eigenvalue weighted by Crippen LogP contribution is 2.16. The van der Waals surface area contributed by atoms with E-state index in [2.05, 4.69) is 10.6 Å². The van der Waals surface area contributed by atoms with E-state index in [1.54, 1.807) is 6.92 Å². The van der Waals surface area contributed by atoms with E-state index in [1.165, 1.54) is 18.2 Å². The van der Waals surface area contributed by atoms with E-state index in [9.17, 15) is 19.5 Å². The topological polar surface area (TPSA) is 95.5 Å². The molecule has 0 spiro atoms. The molecule has 6 heteroatoms. The quantitative estimate of drug-likeness (QED) is 0.665. The van der Waals surface area contributed by atoms with Crippen molar-refractivity contribution in [3.05, 3.63) is 29.3 Å². The van der Waals surface area contributed by atoms with Crippen molar-refractivity contribution in [2.75, 3.05) is 0 Å². The van der Waals surface area contributed by atoms with Crippen LogP contribution in [0.2, 0.25) is 0 Å². The Hall–Kier alpha value is -2.37. The van der Waals surface area contributed by atoms with Crippen LogP contribution in [-0.2, 0) is 9.59 Å². The van der Waals surface area contributed by atoms with Crippen molar-refractivity contribution < 1.29 is 19.5 Å². The zero-order valence-corrected chi connectivity index (χ0v) is 10.4. The van der Waals surface area contributed by atoms with Gasteiger partial charge in [0.1, 0.15) is 11.8 Å². The smallest absolute Gasteiger partial charge is 0.252 e. The number of nitrogens with one attached hydrogen (secondary N) is 2. The maximum atomic E-state index is 12.0. The molecule has 1 aliphatic heterocycles. The number of rotatable bonds is 2. The van der Waals surface area contributed by atoms with E-state index in [4.69, 9.17) is 0 Å². The molecular weight excluding hydrogens is 248 g/mol. The maximum Gasteiger partial charge on any atom is 0.252 e. The first-order chi connectivity index (χ1) is 8.97. The molecule has 3 amide bonds. The van der Waals surface area contributed by atoms with E-state index in [0.717, 1.165) is 0 Å². The van der Waals surface area contributed by atoms with Gasteiger partial charge in [0, 0.05) is 12.0 Å². The Bertz CT molecular complexity index is 554. The minimum atomic E-state index is -0.696. The van der Waals surface area contributed by atoms with Crippen molar-refractivity contribution in [1.29, 1.82) is 0 Å². The van der Waals surface area contributed by atoms with Crippen LogP contribution in [0.25, 0.3) is 0 Å². The first-order valence-corrected chi connectivity index (χ1v) is 5.91. The number of hydrogen-bond donors (Lipinski definition) is 3.